The van der Waals surface area contributed by atoms with Crippen molar-refractivity contribution in [2.24, 2.45) is 5.73 Å². The van der Waals surface area contributed by atoms with Crippen molar-refractivity contribution in [2.45, 2.75) is 36.6 Å². The lowest BCUT2D eigenvalue weighted by molar-refractivity contribution is -0.165. The molecule has 0 rings (SSSR count). The van der Waals surface area contributed by atoms with Gasteiger partial charge < -0.3 is 61.6 Å². The molecule has 0 aromatic heterocycles. The van der Waals surface area contributed by atoms with Crippen LogP contribution in [0.25, 0.3) is 0 Å². The van der Waals surface area contributed by atoms with E-state index >= 15 is 0 Å². The third kappa shape index (κ3) is 14.6. The van der Waals surface area contributed by atoms with E-state index in [1.54, 1.807) is 0 Å². The van der Waals surface area contributed by atoms with Crippen LogP contribution in [0, 0.1) is 0 Å². The van der Waals surface area contributed by atoms with Crippen molar-refractivity contribution in [3.05, 3.63) is 0 Å². The van der Waals surface area contributed by atoms with E-state index in [0.29, 0.717) is 0 Å². The van der Waals surface area contributed by atoms with Crippen LogP contribution in [0.2, 0.25) is 0 Å². The van der Waals surface area contributed by atoms with Crippen molar-refractivity contribution in [1.29, 1.82) is 0 Å². The van der Waals surface area contributed by atoms with E-state index < -0.39 is 61.1 Å². The molecule has 0 saturated carbocycles. The first-order chi connectivity index (χ1) is 12.3. The molecule has 0 aromatic carbocycles. The van der Waals surface area contributed by atoms with Gasteiger partial charge >= 0.3 is 17.9 Å². The van der Waals surface area contributed by atoms with Crippen molar-refractivity contribution >= 4 is 24.2 Å². The molecular weight excluding hydrogens is 382 g/mol. The van der Waals surface area contributed by atoms with Gasteiger partial charge in [-0.25, -0.2) is 9.59 Å². The summed E-state index contributed by atoms with van der Waals surface area (Å²) in [4.78, 5) is 38.7. The number of hydrogen-bond acceptors (Lipinski definition) is 12. The second-order valence-corrected chi connectivity index (χ2v) is 4.52. The first-order valence-corrected chi connectivity index (χ1v) is 6.80. The maximum atomic E-state index is 9.90. The highest BCUT2D eigenvalue weighted by Gasteiger charge is 2.30. The molecule has 15 heteroatoms. The zero-order valence-corrected chi connectivity index (χ0v) is 13.6. The molecule has 0 aromatic rings. The van der Waals surface area contributed by atoms with E-state index in [2.05, 4.69) is 5.73 Å². The topological polar surface area (TPSA) is 297 Å². The highest BCUT2D eigenvalue weighted by molar-refractivity contribution is 5.83. The molecule has 160 valence electrons. The van der Waals surface area contributed by atoms with Crippen molar-refractivity contribution in [3.63, 3.8) is 0 Å². The fraction of sp³-hybridized carbons (Fsp3) is 0.667. The molecule has 2 unspecified atom stereocenters. The summed E-state index contributed by atoms with van der Waals surface area (Å²) in [5.74, 6) is -4.50. The van der Waals surface area contributed by atoms with Crippen LogP contribution >= 0.6 is 0 Å². The van der Waals surface area contributed by atoms with E-state index in [-0.39, 0.29) is 12.8 Å². The van der Waals surface area contributed by atoms with Crippen LogP contribution < -0.4 is 5.73 Å². The van der Waals surface area contributed by atoms with Crippen LogP contribution in [0.1, 0.15) is 0 Å². The number of aldehydes is 1. The van der Waals surface area contributed by atoms with Gasteiger partial charge in [-0.2, -0.15) is 0 Å². The highest BCUT2D eigenvalue weighted by atomic mass is 16.4. The number of carboxylic acid groups (broad SMARTS) is 3. The van der Waals surface area contributed by atoms with Gasteiger partial charge in [0, 0.05) is 0 Å². The average Bonchev–Trinajstić information content (AvgIpc) is 2.64. The van der Waals surface area contributed by atoms with E-state index in [4.69, 9.17) is 51.1 Å². The smallest absolute Gasteiger partial charge is 0.335 e. The second kappa shape index (κ2) is 16.0. The minimum Gasteiger partial charge on any atom is -0.480 e. The molecule has 0 bridgehead atoms. The third-order valence-corrected chi connectivity index (χ3v) is 2.40. The van der Waals surface area contributed by atoms with Crippen molar-refractivity contribution < 1.29 is 70.2 Å². The Morgan fingerprint density at radius 3 is 1.33 bits per heavy atom. The lowest BCUT2D eigenvalue weighted by atomic mass is 10.0. The molecule has 6 atom stereocenters. The standard InChI is InChI=1S/C6H12O6.C4H6O6.C2H5NO2/c7-1-3(9)5(11)6(12)4(10)2-8;5-1(3(7)8)2(6)4(9)10;3-1-2(4)5/h1,3-6,8-12H,2H2;1-2,5-6H,(H,7,8)(H,9,10);1,3H2,(H,4,5)/t3-,4+,5+,6+;;/m0../s1. The monoisotopic (exact) mass is 405 g/mol. The quantitative estimate of drug-likeness (QED) is 0.159. The Morgan fingerprint density at radius 1 is 0.815 bits per heavy atom. The Labute approximate surface area is 151 Å². The van der Waals surface area contributed by atoms with Gasteiger partial charge in [-0.1, -0.05) is 0 Å². The second-order valence-electron chi connectivity index (χ2n) is 4.52. The molecule has 0 aliphatic carbocycles. The van der Waals surface area contributed by atoms with Crippen LogP contribution in [0.15, 0.2) is 0 Å². The number of carbonyl (C=O) groups is 4. The summed E-state index contributed by atoms with van der Waals surface area (Å²) >= 11 is 0. The normalized spacial score (nSPS) is 16.6. The van der Waals surface area contributed by atoms with Gasteiger partial charge in [-0.15, -0.1) is 0 Å². The van der Waals surface area contributed by atoms with Gasteiger partial charge in [-0.05, 0) is 0 Å². The molecule has 0 radical (unpaired) electrons. The molecule has 0 heterocycles. The van der Waals surface area contributed by atoms with Gasteiger partial charge in [0.15, 0.2) is 18.5 Å². The fourth-order valence-corrected chi connectivity index (χ4v) is 0.888. The summed E-state index contributed by atoms with van der Waals surface area (Å²) in [6.07, 6.45) is -11.4. The van der Waals surface area contributed by atoms with Crippen molar-refractivity contribution in [2.75, 3.05) is 13.2 Å². The zero-order chi connectivity index (χ0) is 22.3. The van der Waals surface area contributed by atoms with E-state index in [1.807, 2.05) is 0 Å². The van der Waals surface area contributed by atoms with Crippen molar-refractivity contribution in [1.82, 2.24) is 0 Å². The molecule has 15 nitrogen and oxygen atoms in total. The first kappa shape index (κ1) is 29.5. The van der Waals surface area contributed by atoms with Crippen LogP contribution in [0.5, 0.6) is 0 Å². The minimum atomic E-state index is -2.27. The molecular formula is C12H23NO14. The Bertz CT molecular complexity index is 439. The Morgan fingerprint density at radius 2 is 1.15 bits per heavy atom. The maximum absolute atomic E-state index is 9.90. The van der Waals surface area contributed by atoms with E-state index in [9.17, 15) is 19.2 Å². The van der Waals surface area contributed by atoms with Gasteiger partial charge in [-0.3, -0.25) is 4.79 Å². The summed E-state index contributed by atoms with van der Waals surface area (Å²) in [6.45, 7) is -1.04. The minimum absolute atomic E-state index is 0.0258. The summed E-state index contributed by atoms with van der Waals surface area (Å²) in [5.41, 5.74) is 4.57. The number of nitrogens with two attached hydrogens (primary N) is 1. The summed E-state index contributed by atoms with van der Waals surface area (Å²) in [6, 6.07) is 0. The molecule has 0 fully saturated rings. The lowest BCUT2D eigenvalue weighted by Gasteiger charge is -2.22. The van der Waals surface area contributed by atoms with Crippen LogP contribution in [-0.4, -0.2) is 125 Å². The van der Waals surface area contributed by atoms with Crippen LogP contribution in [-0.2, 0) is 19.2 Å². The average molecular weight is 405 g/mol. The molecule has 27 heavy (non-hydrogen) atoms. The SMILES string of the molecule is NCC(=O)O.O=C(O)C(O)C(O)C(=O)O.O=C[C@H](O)[C@@H](O)[C@H](O)[C@H](O)CO. The van der Waals surface area contributed by atoms with E-state index in [1.165, 1.54) is 0 Å². The molecule has 0 spiro atoms. The number of carbonyl (C=O) groups excluding carboxylic acids is 1. The van der Waals surface area contributed by atoms with Gasteiger partial charge in [0.1, 0.15) is 24.4 Å². The van der Waals surface area contributed by atoms with Crippen LogP contribution in [0.4, 0.5) is 0 Å². The number of hydrogen-bond donors (Lipinski definition) is 11. The Hall–Kier alpha value is -2.24. The van der Waals surface area contributed by atoms with Crippen LogP contribution in [0.3, 0.4) is 0 Å². The molecule has 0 aliphatic rings. The number of aliphatic hydroxyl groups excluding tert-OH is 7. The number of carboxylic acids is 3. The van der Waals surface area contributed by atoms with Gasteiger partial charge in [0.25, 0.3) is 0 Å². The molecule has 12 N–H and O–H groups in total. The molecule has 0 aliphatic heterocycles. The Balaban J connectivity index is -0.000000347. The fourth-order valence-electron chi connectivity index (χ4n) is 0.888. The predicted octanol–water partition coefficient (Wildman–Crippen LogP) is -6.47. The summed E-state index contributed by atoms with van der Waals surface area (Å²) in [5, 5.41) is 83.7. The van der Waals surface area contributed by atoms with Gasteiger partial charge in [0.2, 0.25) is 0 Å². The highest BCUT2D eigenvalue weighted by Crippen LogP contribution is 2.02. The third-order valence-electron chi connectivity index (χ3n) is 2.40. The lowest BCUT2D eigenvalue weighted by Crippen LogP contribution is -2.46. The maximum Gasteiger partial charge on any atom is 0.335 e. The summed E-state index contributed by atoms with van der Waals surface area (Å²) in [7, 11) is 0. The zero-order valence-electron chi connectivity index (χ0n) is 13.6. The van der Waals surface area contributed by atoms with E-state index in [0.717, 1.165) is 0 Å². The Kier molecular flexibility index (Phi) is 17.5. The van der Waals surface area contributed by atoms with Crippen molar-refractivity contribution in [3.8, 4) is 0 Å². The summed E-state index contributed by atoms with van der Waals surface area (Å²) < 4.78 is 0. The number of aliphatic hydroxyl groups is 7. The predicted molar refractivity (Wildman–Crippen MR) is 81.2 cm³/mol. The number of rotatable bonds is 9. The molecule has 0 amide bonds. The molecule has 0 saturated heterocycles. The number of aliphatic carboxylic acids is 3. The van der Waals surface area contributed by atoms with Gasteiger partial charge in [0.05, 0.1) is 13.2 Å². The largest absolute Gasteiger partial charge is 0.480 e. The first-order valence-electron chi connectivity index (χ1n) is 6.80.